The lowest BCUT2D eigenvalue weighted by Gasteiger charge is -2.11. The molecule has 178 valence electrons. The van der Waals surface area contributed by atoms with E-state index in [0.717, 1.165) is 32.9 Å². The molecule has 0 aliphatic carbocycles. The van der Waals surface area contributed by atoms with Crippen LogP contribution in [0.1, 0.15) is 17.3 Å². The molecule has 9 nitrogen and oxygen atoms in total. The summed E-state index contributed by atoms with van der Waals surface area (Å²) < 4.78 is 11.0. The first-order valence-electron chi connectivity index (χ1n) is 10.4. The van der Waals surface area contributed by atoms with Crippen LogP contribution in [0.4, 0.5) is 11.4 Å². The molecule has 0 spiro atoms. The molecule has 1 amide bonds. The first kappa shape index (κ1) is 24.1. The van der Waals surface area contributed by atoms with Crippen molar-refractivity contribution in [3.05, 3.63) is 81.4 Å². The number of thiazole rings is 1. The Labute approximate surface area is 208 Å². The van der Waals surface area contributed by atoms with Crippen molar-refractivity contribution >= 4 is 56.4 Å². The maximum absolute atomic E-state index is 12.9. The van der Waals surface area contributed by atoms with Gasteiger partial charge in [-0.15, -0.1) is 11.3 Å². The molecule has 0 bridgehead atoms. The third kappa shape index (κ3) is 5.56. The van der Waals surface area contributed by atoms with E-state index in [1.807, 2.05) is 30.3 Å². The van der Waals surface area contributed by atoms with Gasteiger partial charge in [-0.3, -0.25) is 14.9 Å². The van der Waals surface area contributed by atoms with Crippen LogP contribution in [0.15, 0.2) is 60.7 Å². The van der Waals surface area contributed by atoms with Crippen molar-refractivity contribution in [3.8, 4) is 16.3 Å². The van der Waals surface area contributed by atoms with Crippen molar-refractivity contribution in [2.75, 3.05) is 18.5 Å². The van der Waals surface area contributed by atoms with Crippen LogP contribution in [0.2, 0.25) is 5.02 Å². The maximum Gasteiger partial charge on any atom is 0.344 e. The summed E-state index contributed by atoms with van der Waals surface area (Å²) in [5.74, 6) is -1.58. The van der Waals surface area contributed by atoms with E-state index in [2.05, 4.69) is 10.3 Å². The number of nitro benzene ring substituents is 1. The molecule has 0 aliphatic heterocycles. The number of nitrogens with zero attached hydrogens (tertiary/aromatic N) is 2. The van der Waals surface area contributed by atoms with E-state index in [1.54, 1.807) is 25.1 Å². The predicted molar refractivity (Wildman–Crippen MR) is 133 cm³/mol. The van der Waals surface area contributed by atoms with Crippen molar-refractivity contribution in [1.82, 2.24) is 4.98 Å². The van der Waals surface area contributed by atoms with Gasteiger partial charge in [-0.25, -0.2) is 9.78 Å². The van der Waals surface area contributed by atoms with Gasteiger partial charge in [-0.1, -0.05) is 35.9 Å². The van der Waals surface area contributed by atoms with Crippen LogP contribution in [-0.4, -0.2) is 35.0 Å². The molecule has 0 saturated heterocycles. The first-order chi connectivity index (χ1) is 16.9. The van der Waals surface area contributed by atoms with Crippen LogP contribution in [0.25, 0.3) is 20.8 Å². The molecular formula is C24H18ClN3O6S. The molecule has 0 saturated carbocycles. The normalized spacial score (nSPS) is 10.7. The van der Waals surface area contributed by atoms with Crippen LogP contribution >= 0.6 is 22.9 Å². The van der Waals surface area contributed by atoms with E-state index in [4.69, 9.17) is 21.1 Å². The van der Waals surface area contributed by atoms with Crippen molar-refractivity contribution in [3.63, 3.8) is 0 Å². The Morgan fingerprint density at radius 1 is 1.14 bits per heavy atom. The number of carbonyl (C=O) groups excluding carboxylic acids is 2. The molecule has 4 aromatic rings. The Bertz CT molecular complexity index is 1410. The quantitative estimate of drug-likeness (QED) is 0.182. The topological polar surface area (TPSA) is 121 Å². The smallest absolute Gasteiger partial charge is 0.344 e. The molecule has 0 atom stereocenters. The Kier molecular flexibility index (Phi) is 7.23. The Morgan fingerprint density at radius 2 is 1.94 bits per heavy atom. The summed E-state index contributed by atoms with van der Waals surface area (Å²) in [4.78, 5) is 39.9. The second-order valence-electron chi connectivity index (χ2n) is 7.17. The number of para-hydroxylation sites is 1. The maximum atomic E-state index is 12.9. The number of nitro groups is 1. The van der Waals surface area contributed by atoms with Gasteiger partial charge in [0.1, 0.15) is 5.01 Å². The van der Waals surface area contributed by atoms with Gasteiger partial charge >= 0.3 is 11.7 Å². The van der Waals surface area contributed by atoms with E-state index < -0.39 is 29.1 Å². The zero-order valence-corrected chi connectivity index (χ0v) is 19.9. The van der Waals surface area contributed by atoms with Gasteiger partial charge in [-0.05, 0) is 31.2 Å². The first-order valence-corrected chi connectivity index (χ1v) is 11.6. The van der Waals surface area contributed by atoms with Crippen LogP contribution in [-0.2, 0) is 9.53 Å². The highest BCUT2D eigenvalue weighted by Gasteiger charge is 2.23. The van der Waals surface area contributed by atoms with Crippen LogP contribution in [0.5, 0.6) is 5.75 Å². The Morgan fingerprint density at radius 3 is 2.69 bits per heavy atom. The number of rotatable bonds is 8. The largest absolute Gasteiger partial charge is 0.475 e. The van der Waals surface area contributed by atoms with Gasteiger partial charge in [0.15, 0.2) is 12.4 Å². The Balaban J connectivity index is 1.56. The summed E-state index contributed by atoms with van der Waals surface area (Å²) in [5.41, 5.74) is 1.53. The van der Waals surface area contributed by atoms with Gasteiger partial charge in [-0.2, -0.15) is 0 Å². The number of amides is 1. The lowest BCUT2D eigenvalue weighted by molar-refractivity contribution is -0.385. The fraction of sp³-hybridized carbons (Fsp3) is 0.125. The number of esters is 1. The summed E-state index contributed by atoms with van der Waals surface area (Å²) in [6.45, 7) is 1.23. The number of carbonyl (C=O) groups is 2. The molecule has 0 fully saturated rings. The average molecular weight is 512 g/mol. The minimum atomic E-state index is -0.721. The standard InChI is InChI=1S/C24H18ClN3O6S/c1-2-33-22(29)13-34-20-12-17(25)16(11-19(20)28(31)32)23(30)26-15-7-5-6-14(10-15)24-27-18-8-3-4-9-21(18)35-24/h3-12H,2,13H2,1H3,(H,26,30). The number of halogens is 1. The minimum absolute atomic E-state index is 0.0747. The molecule has 3 aromatic carbocycles. The minimum Gasteiger partial charge on any atom is -0.475 e. The highest BCUT2D eigenvalue weighted by Crippen LogP contribution is 2.34. The lowest BCUT2D eigenvalue weighted by Crippen LogP contribution is -2.16. The van der Waals surface area contributed by atoms with Gasteiger partial charge in [0.05, 0.1) is 32.3 Å². The van der Waals surface area contributed by atoms with Gasteiger partial charge in [0.25, 0.3) is 5.91 Å². The third-order valence-corrected chi connectivity index (χ3v) is 6.20. The molecule has 0 radical (unpaired) electrons. The van der Waals surface area contributed by atoms with Crippen LogP contribution in [0, 0.1) is 10.1 Å². The monoisotopic (exact) mass is 511 g/mol. The van der Waals surface area contributed by atoms with Gasteiger partial charge < -0.3 is 14.8 Å². The van der Waals surface area contributed by atoms with Crippen molar-refractivity contribution in [2.45, 2.75) is 6.92 Å². The van der Waals surface area contributed by atoms with Crippen LogP contribution < -0.4 is 10.1 Å². The van der Waals surface area contributed by atoms with Crippen molar-refractivity contribution in [1.29, 1.82) is 0 Å². The molecule has 1 aromatic heterocycles. The fourth-order valence-electron chi connectivity index (χ4n) is 3.24. The lowest BCUT2D eigenvalue weighted by atomic mass is 10.1. The Hall–Kier alpha value is -4.02. The SMILES string of the molecule is CCOC(=O)COc1cc(Cl)c(C(=O)Nc2cccc(-c3nc4ccccc4s3)c2)cc1[N+](=O)[O-]. The van der Waals surface area contributed by atoms with Gasteiger partial charge in [0.2, 0.25) is 0 Å². The molecule has 35 heavy (non-hydrogen) atoms. The average Bonchev–Trinajstić information content (AvgIpc) is 3.27. The van der Waals surface area contributed by atoms with Crippen molar-refractivity contribution < 1.29 is 24.0 Å². The van der Waals surface area contributed by atoms with Crippen LogP contribution in [0.3, 0.4) is 0 Å². The fourth-order valence-corrected chi connectivity index (χ4v) is 4.44. The second-order valence-corrected chi connectivity index (χ2v) is 8.61. The number of aromatic nitrogens is 1. The highest BCUT2D eigenvalue weighted by molar-refractivity contribution is 7.21. The summed E-state index contributed by atoms with van der Waals surface area (Å²) >= 11 is 7.75. The number of benzene rings is 3. The molecule has 4 rings (SSSR count). The van der Waals surface area contributed by atoms with E-state index in [-0.39, 0.29) is 22.9 Å². The second kappa shape index (κ2) is 10.5. The predicted octanol–water partition coefficient (Wildman–Crippen LogP) is 5.72. The molecule has 1 heterocycles. The van der Waals surface area contributed by atoms with E-state index in [9.17, 15) is 19.7 Å². The zero-order valence-electron chi connectivity index (χ0n) is 18.3. The molecule has 11 heteroatoms. The third-order valence-electron chi connectivity index (χ3n) is 4.80. The number of hydrogen-bond donors (Lipinski definition) is 1. The van der Waals surface area contributed by atoms with E-state index >= 15 is 0 Å². The molecule has 0 aliphatic rings. The summed E-state index contributed by atoms with van der Waals surface area (Å²) in [7, 11) is 0. The molecular weight excluding hydrogens is 494 g/mol. The van der Waals surface area contributed by atoms with Gasteiger partial charge in [0, 0.05) is 23.4 Å². The van der Waals surface area contributed by atoms with E-state index in [1.165, 1.54) is 11.3 Å². The molecule has 0 unspecified atom stereocenters. The van der Waals surface area contributed by atoms with Crippen molar-refractivity contribution in [2.24, 2.45) is 0 Å². The number of anilines is 1. The number of ether oxygens (including phenoxy) is 2. The number of fused-ring (bicyclic) bond motifs is 1. The molecule has 1 N–H and O–H groups in total. The zero-order chi connectivity index (χ0) is 24.9. The highest BCUT2D eigenvalue weighted by atomic mass is 35.5. The summed E-state index contributed by atoms with van der Waals surface area (Å²) in [6, 6.07) is 17.0. The number of nitrogens with one attached hydrogen (secondary N) is 1. The summed E-state index contributed by atoms with van der Waals surface area (Å²) in [6.07, 6.45) is 0. The number of hydrogen-bond acceptors (Lipinski definition) is 8. The summed E-state index contributed by atoms with van der Waals surface area (Å²) in [5, 5.41) is 15.0. The van der Waals surface area contributed by atoms with E-state index in [0.29, 0.717) is 5.69 Å².